The number of anilines is 1. The van der Waals surface area contributed by atoms with Crippen LogP contribution in [0.1, 0.15) is 5.69 Å². The van der Waals surface area contributed by atoms with Gasteiger partial charge >= 0.3 is 0 Å². The Morgan fingerprint density at radius 3 is 2.71 bits per heavy atom. The average molecular weight is 216 g/mol. The van der Waals surface area contributed by atoms with Gasteiger partial charge in [-0.3, -0.25) is 9.71 Å². The molecule has 2 N–H and O–H groups in total. The molecule has 6 heteroatoms. The van der Waals surface area contributed by atoms with Crippen molar-refractivity contribution in [2.24, 2.45) is 0 Å². The summed E-state index contributed by atoms with van der Waals surface area (Å²) in [6.07, 6.45) is 1.43. The Morgan fingerprint density at radius 2 is 2.21 bits per heavy atom. The molecule has 0 radical (unpaired) electrons. The fraction of sp³-hybridized carbons (Fsp3) is 0.375. The van der Waals surface area contributed by atoms with Crippen LogP contribution in [0.4, 0.5) is 5.69 Å². The summed E-state index contributed by atoms with van der Waals surface area (Å²) < 4.78 is 24.7. The van der Waals surface area contributed by atoms with Gasteiger partial charge in [0.05, 0.1) is 24.2 Å². The Balaban J connectivity index is 2.74. The van der Waals surface area contributed by atoms with Gasteiger partial charge in [-0.25, -0.2) is 8.42 Å². The zero-order chi connectivity index (χ0) is 10.6. The summed E-state index contributed by atoms with van der Waals surface area (Å²) in [4.78, 5) is 3.93. The first-order chi connectivity index (χ1) is 6.53. The highest BCUT2D eigenvalue weighted by atomic mass is 32.2. The monoisotopic (exact) mass is 216 g/mol. The van der Waals surface area contributed by atoms with Gasteiger partial charge in [-0.1, -0.05) is 0 Å². The van der Waals surface area contributed by atoms with Gasteiger partial charge in [0.25, 0.3) is 0 Å². The second-order valence-electron chi connectivity index (χ2n) is 2.83. The fourth-order valence-corrected chi connectivity index (χ4v) is 1.70. The number of hydrogen-bond donors (Lipinski definition) is 2. The van der Waals surface area contributed by atoms with Gasteiger partial charge in [0, 0.05) is 5.69 Å². The number of aromatic nitrogens is 1. The van der Waals surface area contributed by atoms with Crippen LogP contribution in [0.15, 0.2) is 18.3 Å². The lowest BCUT2D eigenvalue weighted by atomic mass is 10.4. The standard InChI is InChI=1S/C8H12N2O3S/c1-7-2-3-8(6-9-7)10-14(12,13)5-4-11/h2-3,6,10-11H,4-5H2,1H3. The number of hydrogen-bond acceptors (Lipinski definition) is 4. The van der Waals surface area contributed by atoms with E-state index in [0.29, 0.717) is 5.69 Å². The molecular formula is C8H12N2O3S. The molecule has 0 spiro atoms. The van der Waals surface area contributed by atoms with Crippen LogP contribution in [-0.2, 0) is 10.0 Å². The lowest BCUT2D eigenvalue weighted by Gasteiger charge is -2.05. The molecule has 78 valence electrons. The molecule has 1 rings (SSSR count). The predicted octanol–water partition coefficient (Wildman–Crippen LogP) is 0.124. The van der Waals surface area contributed by atoms with Crippen molar-refractivity contribution in [3.63, 3.8) is 0 Å². The molecular weight excluding hydrogens is 204 g/mol. The van der Waals surface area contributed by atoms with Crippen LogP contribution in [-0.4, -0.2) is 30.9 Å². The first-order valence-electron chi connectivity index (χ1n) is 4.07. The summed E-state index contributed by atoms with van der Waals surface area (Å²) in [5.74, 6) is -0.305. The van der Waals surface area contributed by atoms with Gasteiger partial charge in [0.15, 0.2) is 0 Å². The van der Waals surface area contributed by atoms with E-state index in [9.17, 15) is 8.42 Å². The van der Waals surface area contributed by atoms with E-state index in [1.807, 2.05) is 6.92 Å². The molecule has 0 atom stereocenters. The topological polar surface area (TPSA) is 79.3 Å². The van der Waals surface area contributed by atoms with Crippen molar-refractivity contribution < 1.29 is 13.5 Å². The first kappa shape index (κ1) is 10.9. The maximum atomic E-state index is 11.2. The predicted molar refractivity (Wildman–Crippen MR) is 53.5 cm³/mol. The number of sulfonamides is 1. The van der Waals surface area contributed by atoms with Crippen molar-refractivity contribution in [2.75, 3.05) is 17.1 Å². The van der Waals surface area contributed by atoms with Crippen LogP contribution >= 0.6 is 0 Å². The SMILES string of the molecule is Cc1ccc(NS(=O)(=O)CCO)cn1. The minimum atomic E-state index is -3.44. The number of nitrogens with zero attached hydrogens (tertiary/aromatic N) is 1. The minimum Gasteiger partial charge on any atom is -0.395 e. The second-order valence-corrected chi connectivity index (χ2v) is 4.67. The van der Waals surface area contributed by atoms with Crippen LogP contribution in [0.2, 0.25) is 0 Å². The first-order valence-corrected chi connectivity index (χ1v) is 5.73. The Hall–Kier alpha value is -1.14. The van der Waals surface area contributed by atoms with Gasteiger partial charge in [0.2, 0.25) is 10.0 Å². The van der Waals surface area contributed by atoms with E-state index >= 15 is 0 Å². The van der Waals surface area contributed by atoms with Crippen LogP contribution in [0.5, 0.6) is 0 Å². The van der Waals surface area contributed by atoms with Crippen LogP contribution in [0.3, 0.4) is 0 Å². The molecule has 0 aromatic carbocycles. The Morgan fingerprint density at radius 1 is 1.50 bits per heavy atom. The van der Waals surface area contributed by atoms with Gasteiger partial charge in [-0.15, -0.1) is 0 Å². The highest BCUT2D eigenvalue weighted by molar-refractivity contribution is 7.92. The van der Waals surface area contributed by atoms with Gasteiger partial charge in [0.1, 0.15) is 0 Å². The molecule has 0 unspecified atom stereocenters. The Labute approximate surface area is 82.9 Å². The van der Waals surface area contributed by atoms with Crippen molar-refractivity contribution >= 4 is 15.7 Å². The molecule has 1 heterocycles. The summed E-state index contributed by atoms with van der Waals surface area (Å²) in [7, 11) is -3.44. The van der Waals surface area contributed by atoms with Crippen LogP contribution in [0.25, 0.3) is 0 Å². The average Bonchev–Trinajstić information content (AvgIpc) is 2.08. The van der Waals surface area contributed by atoms with E-state index in [-0.39, 0.29) is 5.75 Å². The number of aryl methyl sites for hydroxylation is 1. The smallest absolute Gasteiger partial charge is 0.235 e. The zero-order valence-electron chi connectivity index (χ0n) is 7.77. The molecule has 0 saturated heterocycles. The number of rotatable bonds is 4. The molecule has 5 nitrogen and oxygen atoms in total. The van der Waals surface area contributed by atoms with Crippen LogP contribution < -0.4 is 4.72 Å². The summed E-state index contributed by atoms with van der Waals surface area (Å²) in [6.45, 7) is 1.42. The van der Waals surface area contributed by atoms with E-state index in [0.717, 1.165) is 5.69 Å². The number of pyridine rings is 1. The highest BCUT2D eigenvalue weighted by Gasteiger charge is 2.08. The van der Waals surface area contributed by atoms with Crippen molar-refractivity contribution in [3.8, 4) is 0 Å². The molecule has 1 aromatic heterocycles. The normalized spacial score (nSPS) is 11.3. The molecule has 0 bridgehead atoms. The van der Waals surface area contributed by atoms with E-state index in [1.165, 1.54) is 6.20 Å². The zero-order valence-corrected chi connectivity index (χ0v) is 8.58. The minimum absolute atomic E-state index is 0.305. The summed E-state index contributed by atoms with van der Waals surface area (Å²) >= 11 is 0. The van der Waals surface area contributed by atoms with E-state index < -0.39 is 16.6 Å². The maximum Gasteiger partial charge on any atom is 0.235 e. The Kier molecular flexibility index (Phi) is 3.43. The molecule has 0 saturated carbocycles. The molecule has 0 fully saturated rings. The van der Waals surface area contributed by atoms with Crippen LogP contribution in [0, 0.1) is 6.92 Å². The van der Waals surface area contributed by atoms with Gasteiger partial charge in [-0.2, -0.15) is 0 Å². The molecule has 0 aliphatic carbocycles. The third kappa shape index (κ3) is 3.31. The highest BCUT2D eigenvalue weighted by Crippen LogP contribution is 2.07. The third-order valence-corrected chi connectivity index (χ3v) is 2.81. The molecule has 0 aliphatic heterocycles. The maximum absolute atomic E-state index is 11.2. The van der Waals surface area contributed by atoms with E-state index in [4.69, 9.17) is 5.11 Å². The Bertz CT molecular complexity index is 386. The third-order valence-electron chi connectivity index (χ3n) is 1.54. The van der Waals surface area contributed by atoms with Crippen molar-refractivity contribution in [1.82, 2.24) is 4.98 Å². The molecule has 0 amide bonds. The lowest BCUT2D eigenvalue weighted by molar-refractivity contribution is 0.320. The largest absolute Gasteiger partial charge is 0.395 e. The molecule has 1 aromatic rings. The molecule has 14 heavy (non-hydrogen) atoms. The van der Waals surface area contributed by atoms with E-state index in [2.05, 4.69) is 9.71 Å². The lowest BCUT2D eigenvalue weighted by Crippen LogP contribution is -2.18. The van der Waals surface area contributed by atoms with Gasteiger partial charge in [-0.05, 0) is 19.1 Å². The number of nitrogens with one attached hydrogen (secondary N) is 1. The van der Waals surface area contributed by atoms with Crippen molar-refractivity contribution in [3.05, 3.63) is 24.0 Å². The van der Waals surface area contributed by atoms with Crippen molar-refractivity contribution in [2.45, 2.75) is 6.92 Å². The number of aliphatic hydroxyl groups is 1. The summed E-state index contributed by atoms with van der Waals surface area (Å²) in [5.41, 5.74) is 1.22. The summed E-state index contributed by atoms with van der Waals surface area (Å²) in [6, 6.07) is 3.33. The number of aliphatic hydroxyl groups excluding tert-OH is 1. The second kappa shape index (κ2) is 4.39. The van der Waals surface area contributed by atoms with Gasteiger partial charge < -0.3 is 5.11 Å². The quantitative estimate of drug-likeness (QED) is 0.749. The molecule has 0 aliphatic rings. The fourth-order valence-electron chi connectivity index (χ4n) is 0.879. The van der Waals surface area contributed by atoms with Crippen molar-refractivity contribution in [1.29, 1.82) is 0 Å². The van der Waals surface area contributed by atoms with E-state index in [1.54, 1.807) is 12.1 Å². The summed E-state index contributed by atoms with van der Waals surface area (Å²) in [5, 5.41) is 8.49.